The minimum atomic E-state index is -0.676. The largest absolute Gasteiger partial charge is 1.00 e. The van der Waals surface area contributed by atoms with Crippen LogP contribution in [0.25, 0.3) is 11.1 Å². The number of benzene rings is 3. The molecule has 0 nitrogen and oxygen atoms in total. The van der Waals surface area contributed by atoms with Gasteiger partial charge in [0.05, 0.1) is 0 Å². The van der Waals surface area contributed by atoms with E-state index < -0.39 is 9.98 Å². The first-order chi connectivity index (χ1) is 16.8. The van der Waals surface area contributed by atoms with Gasteiger partial charge in [0, 0.05) is 0 Å². The van der Waals surface area contributed by atoms with Crippen LogP contribution in [-0.4, -0.2) is 9.98 Å². The molecule has 190 valence electrons. The molecule has 0 heterocycles. The molecule has 3 aromatic carbocycles. The second-order valence-electron chi connectivity index (χ2n) is 8.25. The van der Waals surface area contributed by atoms with Crippen molar-refractivity contribution in [3.05, 3.63) is 137 Å². The zero-order valence-corrected chi connectivity index (χ0v) is 27.2. The fraction of sp³-hybridized carbons (Fsp3) is 0.161. The molecule has 0 saturated carbocycles. The van der Waals surface area contributed by atoms with E-state index in [1.807, 2.05) is 13.8 Å². The Morgan fingerprint density at radius 1 is 0.649 bits per heavy atom. The Morgan fingerprint density at radius 2 is 1.03 bits per heavy atom. The van der Waals surface area contributed by atoms with Crippen LogP contribution in [0.1, 0.15) is 37.8 Å². The van der Waals surface area contributed by atoms with Crippen molar-refractivity contribution in [1.82, 2.24) is 0 Å². The van der Waals surface area contributed by atoms with Crippen LogP contribution in [0.5, 0.6) is 0 Å². The number of allylic oxidation sites excluding steroid dienone is 8. The zero-order valence-electron chi connectivity index (χ0n) is 21.1. The second-order valence-corrected chi connectivity index (χ2v) is 21.7. The average Bonchev–Trinajstić information content (AvgIpc) is 3.49. The number of rotatable bonds is 3. The Hall–Kier alpha value is -1.51. The van der Waals surface area contributed by atoms with Gasteiger partial charge in [0.2, 0.25) is 0 Å². The Kier molecular flexibility index (Phi) is 15.5. The van der Waals surface area contributed by atoms with Crippen LogP contribution >= 0.6 is 0 Å². The molecule has 6 heteroatoms. The maximum absolute atomic E-state index is 12.6. The molecule has 0 atom stereocenters. The zero-order chi connectivity index (χ0) is 25.2. The molecule has 0 amide bonds. The van der Waals surface area contributed by atoms with E-state index in [9.17, 15) is 8.78 Å². The third-order valence-corrected chi connectivity index (χ3v) is 11.9. The summed E-state index contributed by atoms with van der Waals surface area (Å²) in [5.74, 6) is 2.04. The van der Waals surface area contributed by atoms with Gasteiger partial charge < -0.3 is 24.8 Å². The van der Waals surface area contributed by atoms with Crippen molar-refractivity contribution in [2.75, 3.05) is 0 Å². The molecule has 0 saturated heterocycles. The molecule has 0 radical (unpaired) electrons. The predicted molar refractivity (Wildman–Crippen MR) is 141 cm³/mol. The molecule has 37 heavy (non-hydrogen) atoms. The summed E-state index contributed by atoms with van der Waals surface area (Å²) in [6, 6.07) is 24.0. The molecule has 0 N–H and O–H groups in total. The predicted octanol–water partition coefficient (Wildman–Crippen LogP) is 1.79. The number of hydrogen-bond acceptors (Lipinski definition) is 0. The van der Waals surface area contributed by atoms with E-state index in [2.05, 4.69) is 60.4 Å². The summed E-state index contributed by atoms with van der Waals surface area (Å²) in [6.45, 7) is 4.06. The monoisotopic (exact) mass is 672 g/mol. The summed E-state index contributed by atoms with van der Waals surface area (Å²) in [6.07, 6.45) is 12.4. The van der Waals surface area contributed by atoms with Crippen LogP contribution in [0.15, 0.2) is 102 Å². The molecular weight excluding hydrogens is 645 g/mol. The van der Waals surface area contributed by atoms with Crippen LogP contribution in [0.3, 0.4) is 0 Å². The van der Waals surface area contributed by atoms with Crippen molar-refractivity contribution in [1.29, 1.82) is 0 Å². The van der Waals surface area contributed by atoms with E-state index in [1.54, 1.807) is 50.3 Å². The first kappa shape index (κ1) is 33.5. The van der Waals surface area contributed by atoms with Gasteiger partial charge in [0.1, 0.15) is 11.6 Å². The summed E-state index contributed by atoms with van der Waals surface area (Å²) in [5, 5.41) is 0. The van der Waals surface area contributed by atoms with Crippen LogP contribution in [0.4, 0.5) is 8.78 Å². The Labute approximate surface area is 248 Å². The standard InChI is InChI=1S/2C12H10F.C7H8Ge.2ClH.Zr/c2*1-9-3-2-4-12(9)10-5-7-11(13)8-6-10;1-8-7-5-3-2-4-6-7;;;/h2*4-8H,2H2,1H3;2-6H,1H3;2*1H;/q2*-1;;;;+2/p-2. The second kappa shape index (κ2) is 17.1. The van der Waals surface area contributed by atoms with Crippen molar-refractivity contribution >= 4 is 25.5 Å². The minimum Gasteiger partial charge on any atom is -1.00 e. The normalized spacial score (nSPS) is 13.2. The Morgan fingerprint density at radius 3 is 1.30 bits per heavy atom. The van der Waals surface area contributed by atoms with Crippen molar-refractivity contribution in [3.63, 3.8) is 0 Å². The van der Waals surface area contributed by atoms with E-state index in [0.29, 0.717) is 0 Å². The molecule has 0 spiro atoms. The number of hydrogen-bond donors (Lipinski definition) is 0. The maximum Gasteiger partial charge on any atom is -1.00 e. The summed E-state index contributed by atoms with van der Waals surface area (Å²) >= 11 is 1.76. The fourth-order valence-electron chi connectivity index (χ4n) is 3.72. The van der Waals surface area contributed by atoms with Crippen molar-refractivity contribution in [2.24, 2.45) is 0 Å². The van der Waals surface area contributed by atoms with E-state index in [-0.39, 0.29) is 36.4 Å². The van der Waals surface area contributed by atoms with Gasteiger partial charge in [-0.15, -0.1) is 24.0 Å². The Balaban J connectivity index is 0.000000275. The van der Waals surface area contributed by atoms with Gasteiger partial charge >= 0.3 is 72.1 Å². The van der Waals surface area contributed by atoms with Crippen LogP contribution in [0.2, 0.25) is 5.76 Å². The smallest absolute Gasteiger partial charge is 1.00 e. The molecular formula is C31H28Cl2F2GeZr-2. The first-order valence-corrected chi connectivity index (χ1v) is 22.1. The SMILES string of the molecule is CC1=[C-]CC=C1c1ccc(F)cc1.CC1=[C-]CC=C1c1ccc(F)cc1.[CH3][Ge](=[Zr+2])[c]1ccccc1.[Cl-].[Cl-]. The van der Waals surface area contributed by atoms with Gasteiger partial charge in [0.25, 0.3) is 0 Å². The third-order valence-electron chi connectivity index (χ3n) is 5.67. The molecule has 2 aliphatic rings. The molecule has 0 aromatic heterocycles. The number of halogens is 4. The average molecular weight is 673 g/mol. The first-order valence-electron chi connectivity index (χ1n) is 11.5. The van der Waals surface area contributed by atoms with E-state index in [0.717, 1.165) is 35.1 Å². The van der Waals surface area contributed by atoms with Crippen LogP contribution in [0, 0.1) is 23.8 Å². The van der Waals surface area contributed by atoms with Crippen molar-refractivity contribution in [3.8, 4) is 0 Å². The van der Waals surface area contributed by atoms with E-state index in [1.165, 1.54) is 35.4 Å². The van der Waals surface area contributed by atoms with Gasteiger partial charge in [-0.3, -0.25) is 12.2 Å². The molecule has 3 aromatic rings. The van der Waals surface area contributed by atoms with Gasteiger partial charge in [0.15, 0.2) is 0 Å². The van der Waals surface area contributed by atoms with Crippen LogP contribution in [-0.2, 0) is 21.6 Å². The van der Waals surface area contributed by atoms with Gasteiger partial charge in [-0.1, -0.05) is 38.1 Å². The molecule has 0 fully saturated rings. The van der Waals surface area contributed by atoms with Crippen molar-refractivity contribution in [2.45, 2.75) is 32.4 Å². The third kappa shape index (κ3) is 10.6. The summed E-state index contributed by atoms with van der Waals surface area (Å²) in [4.78, 5) is 0. The summed E-state index contributed by atoms with van der Waals surface area (Å²) in [7, 11) is -0.676. The summed E-state index contributed by atoms with van der Waals surface area (Å²) in [5.41, 5.74) is 6.83. The minimum absolute atomic E-state index is 0. The van der Waals surface area contributed by atoms with E-state index >= 15 is 0 Å². The molecule has 0 unspecified atom stereocenters. The maximum atomic E-state index is 12.6. The quantitative estimate of drug-likeness (QED) is 0.294. The van der Waals surface area contributed by atoms with Gasteiger partial charge in [-0.25, -0.2) is 19.9 Å². The molecule has 0 aliphatic heterocycles. The Bertz CT molecular complexity index is 1200. The van der Waals surface area contributed by atoms with Crippen molar-refractivity contribution < 1.29 is 55.2 Å². The molecule has 5 rings (SSSR count). The summed E-state index contributed by atoms with van der Waals surface area (Å²) < 4.78 is 26.9. The molecule has 2 aliphatic carbocycles. The van der Waals surface area contributed by atoms with Gasteiger partial charge in [-0.05, 0) is 24.3 Å². The topological polar surface area (TPSA) is 0 Å². The van der Waals surface area contributed by atoms with Gasteiger partial charge in [-0.2, -0.15) is 23.3 Å². The fourth-order valence-corrected chi connectivity index (χ4v) is 7.31. The molecule has 0 bridgehead atoms. The van der Waals surface area contributed by atoms with E-state index in [4.69, 9.17) is 0 Å². The van der Waals surface area contributed by atoms with Crippen LogP contribution < -0.4 is 29.2 Å².